The largest absolute Gasteiger partial charge is 0.477 e. The quantitative estimate of drug-likeness (QED) is 0.565. The minimum absolute atomic E-state index is 0.103. The first kappa shape index (κ1) is 22.3. The molecule has 1 fully saturated rings. The fourth-order valence-corrected chi connectivity index (χ4v) is 3.22. The van der Waals surface area contributed by atoms with Gasteiger partial charge in [0.1, 0.15) is 12.2 Å². The minimum Gasteiger partial charge on any atom is -0.477 e. The highest BCUT2D eigenvalue weighted by atomic mass is 19.3. The van der Waals surface area contributed by atoms with Crippen molar-refractivity contribution in [3.8, 4) is 0 Å². The number of rotatable bonds is 9. The average molecular weight is 424 g/mol. The summed E-state index contributed by atoms with van der Waals surface area (Å²) < 4.78 is 45.0. The van der Waals surface area contributed by atoms with Gasteiger partial charge in [-0.15, -0.1) is 0 Å². The number of halogens is 2. The predicted molar refractivity (Wildman–Crippen MR) is 99.5 cm³/mol. The average Bonchev–Trinajstić information content (AvgIpc) is 3.07. The maximum absolute atomic E-state index is 14.3. The topological polar surface area (TPSA) is 105 Å². The van der Waals surface area contributed by atoms with Crippen LogP contribution in [0.3, 0.4) is 0 Å². The second-order valence-electron chi connectivity index (χ2n) is 6.92. The van der Waals surface area contributed by atoms with Gasteiger partial charge in [-0.3, -0.25) is 0 Å². The van der Waals surface area contributed by atoms with Gasteiger partial charge < -0.3 is 29.5 Å². The first-order valence-electron chi connectivity index (χ1n) is 9.22. The Morgan fingerprint density at radius 2 is 1.63 bits per heavy atom. The standard InChI is InChI=1S/C21H22F2O7/c22-20(23,19(26)27)18(25)21(29-12-15-9-5-2-6-10-15)17(16(24)13-30-21)28-11-14-7-3-1-4-8-14/h1-10,16-18,24-25H,11-13H2,(H,26,27)/t16-,17-,18-,21?/m1/s1. The number of carboxylic acids is 1. The van der Waals surface area contributed by atoms with Crippen LogP contribution in [0.4, 0.5) is 8.78 Å². The molecular formula is C21H22F2O7. The summed E-state index contributed by atoms with van der Waals surface area (Å²) in [5, 5.41) is 29.6. The number of ether oxygens (including phenoxy) is 3. The molecule has 0 spiro atoms. The number of carbonyl (C=O) groups is 1. The Kier molecular flexibility index (Phi) is 6.79. The molecule has 1 heterocycles. The van der Waals surface area contributed by atoms with Crippen molar-refractivity contribution in [3.63, 3.8) is 0 Å². The predicted octanol–water partition coefficient (Wildman–Crippen LogP) is 1.96. The van der Waals surface area contributed by atoms with E-state index in [1.807, 2.05) is 0 Å². The van der Waals surface area contributed by atoms with Crippen molar-refractivity contribution in [1.82, 2.24) is 0 Å². The highest BCUT2D eigenvalue weighted by Gasteiger charge is 2.66. The van der Waals surface area contributed by atoms with Gasteiger partial charge in [-0.05, 0) is 11.1 Å². The normalized spacial score (nSPS) is 25.2. The highest BCUT2D eigenvalue weighted by Crippen LogP contribution is 2.41. The van der Waals surface area contributed by atoms with Crippen LogP contribution in [0.2, 0.25) is 0 Å². The molecule has 7 nitrogen and oxygen atoms in total. The number of aliphatic hydroxyl groups excluding tert-OH is 2. The van der Waals surface area contributed by atoms with Gasteiger partial charge in [-0.2, -0.15) is 8.78 Å². The second kappa shape index (κ2) is 9.15. The van der Waals surface area contributed by atoms with Crippen molar-refractivity contribution < 1.29 is 43.1 Å². The van der Waals surface area contributed by atoms with Crippen LogP contribution in [0, 0.1) is 0 Å². The molecule has 1 saturated heterocycles. The molecule has 0 amide bonds. The maximum atomic E-state index is 14.3. The molecule has 1 aliphatic rings. The summed E-state index contributed by atoms with van der Waals surface area (Å²) in [4.78, 5) is 11.1. The zero-order valence-electron chi connectivity index (χ0n) is 15.9. The first-order chi connectivity index (χ1) is 14.3. The van der Waals surface area contributed by atoms with E-state index < -0.39 is 42.6 Å². The lowest BCUT2D eigenvalue weighted by Gasteiger charge is -2.39. The molecule has 3 rings (SSSR count). The van der Waals surface area contributed by atoms with Gasteiger partial charge in [0.05, 0.1) is 19.8 Å². The summed E-state index contributed by atoms with van der Waals surface area (Å²) in [5.41, 5.74) is 1.24. The summed E-state index contributed by atoms with van der Waals surface area (Å²) in [7, 11) is 0. The molecule has 0 aromatic heterocycles. The lowest BCUT2D eigenvalue weighted by Crippen LogP contribution is -2.63. The number of benzene rings is 2. The lowest BCUT2D eigenvalue weighted by molar-refractivity contribution is -0.336. The number of aliphatic hydroxyl groups is 2. The van der Waals surface area contributed by atoms with Gasteiger partial charge in [0.15, 0.2) is 6.10 Å². The van der Waals surface area contributed by atoms with E-state index in [4.69, 9.17) is 19.3 Å². The molecule has 2 aromatic rings. The summed E-state index contributed by atoms with van der Waals surface area (Å²) >= 11 is 0. The van der Waals surface area contributed by atoms with Gasteiger partial charge in [0.25, 0.3) is 0 Å². The van der Waals surface area contributed by atoms with Crippen LogP contribution in [0.5, 0.6) is 0 Å². The SMILES string of the molecule is O=C(O)C(F)(F)[C@@H](O)C1(OCc2ccccc2)OC[C@@H](O)[C@H]1OCc1ccccc1. The van der Waals surface area contributed by atoms with E-state index >= 15 is 0 Å². The summed E-state index contributed by atoms with van der Waals surface area (Å²) in [6, 6.07) is 17.1. The Hall–Kier alpha value is -2.43. The van der Waals surface area contributed by atoms with Crippen LogP contribution >= 0.6 is 0 Å². The Morgan fingerprint density at radius 3 is 2.17 bits per heavy atom. The monoisotopic (exact) mass is 424 g/mol. The van der Waals surface area contributed by atoms with E-state index in [1.54, 1.807) is 60.7 Å². The third kappa shape index (κ3) is 4.50. The maximum Gasteiger partial charge on any atom is 0.377 e. The van der Waals surface area contributed by atoms with Gasteiger partial charge in [0.2, 0.25) is 5.79 Å². The highest BCUT2D eigenvalue weighted by molar-refractivity contribution is 5.76. The van der Waals surface area contributed by atoms with Gasteiger partial charge in [0, 0.05) is 0 Å². The van der Waals surface area contributed by atoms with Crippen LogP contribution < -0.4 is 0 Å². The molecule has 0 bridgehead atoms. The lowest BCUT2D eigenvalue weighted by atomic mass is 9.96. The van der Waals surface area contributed by atoms with Crippen molar-refractivity contribution in [2.24, 2.45) is 0 Å². The second-order valence-corrected chi connectivity index (χ2v) is 6.92. The Bertz CT molecular complexity index is 834. The summed E-state index contributed by atoms with van der Waals surface area (Å²) in [6.07, 6.45) is -5.94. The molecule has 0 radical (unpaired) electrons. The molecule has 4 atom stereocenters. The third-order valence-electron chi connectivity index (χ3n) is 4.82. The molecule has 0 saturated carbocycles. The third-order valence-corrected chi connectivity index (χ3v) is 4.82. The summed E-state index contributed by atoms with van der Waals surface area (Å²) in [6.45, 7) is -0.875. The number of aliphatic carboxylic acids is 1. The molecule has 0 aliphatic carbocycles. The van der Waals surface area contributed by atoms with Crippen LogP contribution in [0.25, 0.3) is 0 Å². The summed E-state index contributed by atoms with van der Waals surface area (Å²) in [5.74, 6) is -9.77. The molecule has 162 valence electrons. The van der Waals surface area contributed by atoms with E-state index in [0.717, 1.165) is 0 Å². The van der Waals surface area contributed by atoms with Crippen molar-refractivity contribution in [2.75, 3.05) is 6.61 Å². The Morgan fingerprint density at radius 1 is 1.10 bits per heavy atom. The molecule has 2 aromatic carbocycles. The van der Waals surface area contributed by atoms with Crippen LogP contribution in [0.1, 0.15) is 11.1 Å². The van der Waals surface area contributed by atoms with Crippen molar-refractivity contribution in [1.29, 1.82) is 0 Å². The molecular weight excluding hydrogens is 402 g/mol. The van der Waals surface area contributed by atoms with E-state index in [-0.39, 0.29) is 13.2 Å². The molecule has 30 heavy (non-hydrogen) atoms. The molecule has 1 aliphatic heterocycles. The number of carboxylic acid groups (broad SMARTS) is 1. The Balaban J connectivity index is 1.90. The number of alkyl halides is 2. The number of hydrogen-bond donors (Lipinski definition) is 3. The van der Waals surface area contributed by atoms with Crippen LogP contribution in [0.15, 0.2) is 60.7 Å². The zero-order valence-corrected chi connectivity index (χ0v) is 15.9. The molecule has 9 heteroatoms. The van der Waals surface area contributed by atoms with E-state index in [1.165, 1.54) is 0 Å². The van der Waals surface area contributed by atoms with Crippen LogP contribution in [-0.2, 0) is 32.2 Å². The molecule has 3 N–H and O–H groups in total. The minimum atomic E-state index is -4.62. The van der Waals surface area contributed by atoms with E-state index in [0.29, 0.717) is 11.1 Å². The van der Waals surface area contributed by atoms with Crippen molar-refractivity contribution in [2.45, 2.75) is 43.2 Å². The van der Waals surface area contributed by atoms with Gasteiger partial charge in [-0.25, -0.2) is 4.79 Å². The van der Waals surface area contributed by atoms with Gasteiger partial charge in [-0.1, -0.05) is 60.7 Å². The van der Waals surface area contributed by atoms with Crippen molar-refractivity contribution >= 4 is 5.97 Å². The fourth-order valence-electron chi connectivity index (χ4n) is 3.22. The smallest absolute Gasteiger partial charge is 0.377 e. The number of hydrogen-bond acceptors (Lipinski definition) is 6. The Labute approximate surface area is 171 Å². The first-order valence-corrected chi connectivity index (χ1v) is 9.22. The van der Waals surface area contributed by atoms with E-state index in [9.17, 15) is 23.8 Å². The zero-order chi connectivity index (χ0) is 21.8. The van der Waals surface area contributed by atoms with E-state index in [2.05, 4.69) is 0 Å². The van der Waals surface area contributed by atoms with Gasteiger partial charge >= 0.3 is 11.9 Å². The van der Waals surface area contributed by atoms with Crippen LogP contribution in [-0.4, -0.2) is 57.9 Å². The van der Waals surface area contributed by atoms with Crippen molar-refractivity contribution in [3.05, 3.63) is 71.8 Å². The molecule has 1 unspecified atom stereocenters. The fraction of sp³-hybridized carbons (Fsp3) is 0.381.